The number of imide groups is 1. The first-order valence-corrected chi connectivity index (χ1v) is 18.4. The van der Waals surface area contributed by atoms with E-state index in [1.807, 2.05) is 30.3 Å². The number of hydrogen-bond donors (Lipinski definition) is 4. The number of nitrogens with zero attached hydrogens (tertiary/aromatic N) is 5. The van der Waals surface area contributed by atoms with E-state index in [4.69, 9.17) is 9.72 Å². The zero-order valence-electron chi connectivity index (χ0n) is 30.5. The van der Waals surface area contributed by atoms with Crippen molar-refractivity contribution in [2.24, 2.45) is 5.92 Å². The molecule has 2 saturated heterocycles. The van der Waals surface area contributed by atoms with Gasteiger partial charge in [0.05, 0.1) is 12.7 Å². The molecule has 2 aromatic carbocycles. The van der Waals surface area contributed by atoms with Crippen molar-refractivity contribution in [3.05, 3.63) is 66.0 Å². The van der Waals surface area contributed by atoms with Crippen LogP contribution < -0.4 is 30.9 Å². The Balaban J connectivity index is 0.916. The Bertz CT molecular complexity index is 2000. The summed E-state index contributed by atoms with van der Waals surface area (Å²) in [6.07, 6.45) is 8.67. The number of carbonyl (C=O) groups is 4. The van der Waals surface area contributed by atoms with Crippen LogP contribution in [0.15, 0.2) is 54.7 Å². The summed E-state index contributed by atoms with van der Waals surface area (Å²) in [5.41, 5.74) is 4.68. The molecule has 1 aliphatic carbocycles. The average Bonchev–Trinajstić information content (AvgIpc) is 3.83. The summed E-state index contributed by atoms with van der Waals surface area (Å²) in [6, 6.07) is 15.1. The predicted molar refractivity (Wildman–Crippen MR) is 203 cm³/mol. The zero-order valence-corrected chi connectivity index (χ0v) is 30.5. The van der Waals surface area contributed by atoms with Gasteiger partial charge in [-0.3, -0.25) is 24.5 Å². The molecular formula is C39H47N9O5. The molecule has 3 fully saturated rings. The van der Waals surface area contributed by atoms with Crippen molar-refractivity contribution < 1.29 is 23.9 Å². The van der Waals surface area contributed by atoms with Gasteiger partial charge in [-0.25, -0.2) is 4.98 Å². The number of nitrogens with one attached hydrogen (secondary N) is 4. The van der Waals surface area contributed by atoms with E-state index < -0.39 is 17.9 Å². The third-order valence-electron chi connectivity index (χ3n) is 10.6. The van der Waals surface area contributed by atoms with Crippen LogP contribution in [0.1, 0.15) is 78.3 Å². The summed E-state index contributed by atoms with van der Waals surface area (Å²) in [6.45, 7) is 2.61. The van der Waals surface area contributed by atoms with Crippen LogP contribution in [0.5, 0.6) is 5.75 Å². The Labute approximate surface area is 308 Å². The topological polar surface area (TPSA) is 163 Å². The van der Waals surface area contributed by atoms with Crippen LogP contribution in [0.4, 0.5) is 23.0 Å². The second-order valence-corrected chi connectivity index (χ2v) is 14.4. The fraction of sp³-hybridized carbons (Fsp3) is 0.436. The van der Waals surface area contributed by atoms with Gasteiger partial charge in [0.25, 0.3) is 11.8 Å². The molecule has 278 valence electrons. The monoisotopic (exact) mass is 721 g/mol. The number of anilines is 4. The van der Waals surface area contributed by atoms with Crippen LogP contribution in [-0.4, -0.2) is 89.9 Å². The molecule has 0 bridgehead atoms. The van der Waals surface area contributed by atoms with Crippen LogP contribution >= 0.6 is 0 Å². The SMILES string of the molecule is COc1cc(N2CCC(CNc3ccc(Nc4ncc5cc(C(=O)N(C)C)n(C6CCCC6)c5n4)cc3)CC2)ccc1C(=O)N[C@H]1CCC(=O)NC1=O. The van der Waals surface area contributed by atoms with Gasteiger partial charge < -0.3 is 35.1 Å². The van der Waals surface area contributed by atoms with Crippen LogP contribution in [0.2, 0.25) is 0 Å². The molecule has 3 aliphatic rings. The van der Waals surface area contributed by atoms with Gasteiger partial charge in [0.15, 0.2) is 0 Å². The minimum absolute atomic E-state index is 0.0258. The van der Waals surface area contributed by atoms with E-state index in [1.165, 1.54) is 7.11 Å². The van der Waals surface area contributed by atoms with Crippen molar-refractivity contribution in [3.63, 3.8) is 0 Å². The van der Waals surface area contributed by atoms with Gasteiger partial charge in [0.2, 0.25) is 17.8 Å². The molecule has 2 aliphatic heterocycles. The van der Waals surface area contributed by atoms with Gasteiger partial charge in [-0.05, 0) is 80.5 Å². The number of fused-ring (bicyclic) bond motifs is 1. The Kier molecular flexibility index (Phi) is 10.5. The summed E-state index contributed by atoms with van der Waals surface area (Å²) < 4.78 is 7.68. The van der Waals surface area contributed by atoms with Crippen molar-refractivity contribution in [2.45, 2.75) is 63.5 Å². The fourth-order valence-corrected chi connectivity index (χ4v) is 7.58. The van der Waals surface area contributed by atoms with Crippen molar-refractivity contribution in [1.82, 2.24) is 30.1 Å². The number of aromatic nitrogens is 3. The molecule has 4 N–H and O–H groups in total. The normalized spacial score (nSPS) is 18.2. The molecule has 1 saturated carbocycles. The summed E-state index contributed by atoms with van der Waals surface area (Å²) >= 11 is 0. The number of amides is 4. The van der Waals surface area contributed by atoms with E-state index >= 15 is 0 Å². The number of ether oxygens (including phenoxy) is 1. The second-order valence-electron chi connectivity index (χ2n) is 14.4. The van der Waals surface area contributed by atoms with Gasteiger partial charge in [-0.2, -0.15) is 4.98 Å². The summed E-state index contributed by atoms with van der Waals surface area (Å²) in [4.78, 5) is 62.9. The lowest BCUT2D eigenvalue weighted by molar-refractivity contribution is -0.134. The van der Waals surface area contributed by atoms with E-state index in [1.54, 1.807) is 31.3 Å². The van der Waals surface area contributed by atoms with E-state index in [2.05, 4.69) is 47.9 Å². The maximum atomic E-state index is 13.0. The minimum Gasteiger partial charge on any atom is -0.496 e. The molecule has 14 nitrogen and oxygen atoms in total. The third kappa shape index (κ3) is 7.91. The highest BCUT2D eigenvalue weighted by Gasteiger charge is 2.30. The van der Waals surface area contributed by atoms with Crippen molar-refractivity contribution in [1.29, 1.82) is 0 Å². The Morgan fingerprint density at radius 2 is 1.70 bits per heavy atom. The number of benzene rings is 2. The number of carbonyl (C=O) groups excluding carboxylic acids is 4. The lowest BCUT2D eigenvalue weighted by Gasteiger charge is -2.34. The van der Waals surface area contributed by atoms with Crippen molar-refractivity contribution >= 4 is 57.7 Å². The highest BCUT2D eigenvalue weighted by molar-refractivity contribution is 6.04. The maximum absolute atomic E-state index is 13.0. The van der Waals surface area contributed by atoms with Crippen LogP contribution in [0, 0.1) is 5.92 Å². The quantitative estimate of drug-likeness (QED) is 0.157. The van der Waals surface area contributed by atoms with E-state index in [-0.39, 0.29) is 30.7 Å². The Hall–Kier alpha value is -5.66. The highest BCUT2D eigenvalue weighted by atomic mass is 16.5. The molecular weight excluding hydrogens is 674 g/mol. The van der Waals surface area contributed by atoms with Gasteiger partial charge in [-0.15, -0.1) is 0 Å². The molecule has 0 unspecified atom stereocenters. The van der Waals surface area contributed by atoms with E-state index in [9.17, 15) is 19.2 Å². The Morgan fingerprint density at radius 1 is 0.962 bits per heavy atom. The molecule has 4 amide bonds. The lowest BCUT2D eigenvalue weighted by Crippen LogP contribution is -2.52. The summed E-state index contributed by atoms with van der Waals surface area (Å²) in [5, 5.41) is 12.8. The number of methoxy groups -OCH3 is 1. The minimum atomic E-state index is -0.751. The van der Waals surface area contributed by atoms with E-state index in [0.29, 0.717) is 28.9 Å². The average molecular weight is 722 g/mol. The number of rotatable bonds is 11. The molecule has 7 rings (SSSR count). The molecule has 0 spiro atoms. The summed E-state index contributed by atoms with van der Waals surface area (Å²) in [7, 11) is 5.08. The molecule has 1 atom stereocenters. The zero-order chi connectivity index (χ0) is 37.1. The molecule has 4 heterocycles. The van der Waals surface area contributed by atoms with Crippen LogP contribution in [0.3, 0.4) is 0 Å². The smallest absolute Gasteiger partial charge is 0.270 e. The van der Waals surface area contributed by atoms with Crippen molar-refractivity contribution in [2.75, 3.05) is 56.4 Å². The standard InChI is InChI=1S/C39H47N9O5/c1-46(2)38(52)32-20-25-23-41-39(45-35(25)48(32)28-6-4-5-7-28)42-27-10-8-26(9-11-27)40-22-24-16-18-47(19-17-24)29-12-13-30(33(21-29)53-3)36(50)43-31-14-15-34(49)44-37(31)51/h8-13,20-21,23-24,28,31,40H,4-7,14-19,22H2,1-3H3,(H,43,50)(H,41,42,45)(H,44,49,51)/t31-/m0/s1. The molecule has 0 radical (unpaired) electrons. The molecule has 2 aromatic heterocycles. The van der Waals surface area contributed by atoms with Crippen molar-refractivity contribution in [3.8, 4) is 5.75 Å². The number of hydrogen-bond acceptors (Lipinski definition) is 10. The molecule has 14 heteroatoms. The van der Waals surface area contributed by atoms with Gasteiger partial charge in [-0.1, -0.05) is 12.8 Å². The first-order chi connectivity index (χ1) is 25.7. The highest BCUT2D eigenvalue weighted by Crippen LogP contribution is 2.35. The summed E-state index contributed by atoms with van der Waals surface area (Å²) in [5.74, 6) is 0.180. The van der Waals surface area contributed by atoms with Gasteiger partial charge in [0, 0.05) is 80.9 Å². The van der Waals surface area contributed by atoms with E-state index in [0.717, 1.165) is 86.3 Å². The second kappa shape index (κ2) is 15.5. The van der Waals surface area contributed by atoms with Crippen LogP contribution in [-0.2, 0) is 9.59 Å². The fourth-order valence-electron chi connectivity index (χ4n) is 7.58. The predicted octanol–water partition coefficient (Wildman–Crippen LogP) is 4.86. The third-order valence-corrected chi connectivity index (χ3v) is 10.6. The largest absolute Gasteiger partial charge is 0.496 e. The van der Waals surface area contributed by atoms with Gasteiger partial charge >= 0.3 is 0 Å². The Morgan fingerprint density at radius 3 is 2.40 bits per heavy atom. The number of piperidine rings is 2. The van der Waals surface area contributed by atoms with Gasteiger partial charge in [0.1, 0.15) is 23.1 Å². The molecule has 53 heavy (non-hydrogen) atoms. The maximum Gasteiger partial charge on any atom is 0.270 e. The van der Waals surface area contributed by atoms with Crippen LogP contribution in [0.25, 0.3) is 11.0 Å². The first kappa shape index (κ1) is 35.7. The lowest BCUT2D eigenvalue weighted by atomic mass is 9.96. The first-order valence-electron chi connectivity index (χ1n) is 18.4. The molecule has 4 aromatic rings.